The lowest BCUT2D eigenvalue weighted by Gasteiger charge is -2.26. The largest absolute Gasteiger partial charge is 0.481 e. The van der Waals surface area contributed by atoms with Gasteiger partial charge in [0.25, 0.3) is 5.91 Å². The second kappa shape index (κ2) is 5.79. The van der Waals surface area contributed by atoms with E-state index in [4.69, 9.17) is 4.74 Å². The van der Waals surface area contributed by atoms with E-state index in [0.29, 0.717) is 5.75 Å². The van der Waals surface area contributed by atoms with Crippen LogP contribution in [0.15, 0.2) is 48.5 Å². The molecule has 0 spiro atoms. The quantitative estimate of drug-likeness (QED) is 0.867. The summed E-state index contributed by atoms with van der Waals surface area (Å²) in [6.45, 7) is 3.75. The lowest BCUT2D eigenvalue weighted by molar-refractivity contribution is -0.124. The second-order valence-electron chi connectivity index (χ2n) is 5.60. The Balaban J connectivity index is 1.77. The van der Waals surface area contributed by atoms with Crippen molar-refractivity contribution in [1.29, 1.82) is 0 Å². The van der Waals surface area contributed by atoms with Gasteiger partial charge in [-0.05, 0) is 56.2 Å². The third kappa shape index (κ3) is 2.69. The van der Waals surface area contributed by atoms with Crippen LogP contribution in [0.2, 0.25) is 0 Å². The topological polar surface area (TPSA) is 29.5 Å². The maximum absolute atomic E-state index is 12.9. The van der Waals surface area contributed by atoms with E-state index >= 15 is 0 Å². The van der Waals surface area contributed by atoms with E-state index in [1.54, 1.807) is 11.8 Å². The molecule has 2 aromatic rings. The number of halogens is 1. The van der Waals surface area contributed by atoms with Crippen LogP contribution in [0.25, 0.3) is 0 Å². The van der Waals surface area contributed by atoms with Gasteiger partial charge in [-0.15, -0.1) is 0 Å². The lowest BCUT2D eigenvalue weighted by Crippen LogP contribution is -2.43. The van der Waals surface area contributed by atoms with Crippen molar-refractivity contribution in [2.45, 2.75) is 32.4 Å². The van der Waals surface area contributed by atoms with Crippen molar-refractivity contribution in [2.75, 3.05) is 4.90 Å². The van der Waals surface area contributed by atoms with Crippen molar-refractivity contribution in [2.24, 2.45) is 0 Å². The molecule has 4 heteroatoms. The summed E-state index contributed by atoms with van der Waals surface area (Å²) in [7, 11) is 0. The van der Waals surface area contributed by atoms with Gasteiger partial charge in [0.1, 0.15) is 11.6 Å². The van der Waals surface area contributed by atoms with Crippen molar-refractivity contribution in [3.05, 3.63) is 59.9 Å². The first-order chi connectivity index (χ1) is 10.6. The summed E-state index contributed by atoms with van der Waals surface area (Å²) in [6.07, 6.45) is 0.226. The van der Waals surface area contributed by atoms with Gasteiger partial charge in [-0.25, -0.2) is 4.39 Å². The minimum Gasteiger partial charge on any atom is -0.481 e. The fourth-order valence-corrected chi connectivity index (χ4v) is 2.86. The van der Waals surface area contributed by atoms with Crippen LogP contribution < -0.4 is 9.64 Å². The summed E-state index contributed by atoms with van der Waals surface area (Å²) in [5, 5.41) is 0. The standard InChI is InChI=1S/C18H18FNO2/c1-12-11-14-5-3-4-6-17(14)20(12)18(21)13(2)22-16-9-7-15(19)8-10-16/h3-10,12-13H,11H2,1-2H3. The zero-order chi connectivity index (χ0) is 15.7. The monoisotopic (exact) mass is 299 g/mol. The van der Waals surface area contributed by atoms with Gasteiger partial charge in [-0.1, -0.05) is 18.2 Å². The van der Waals surface area contributed by atoms with Gasteiger partial charge < -0.3 is 9.64 Å². The number of amides is 1. The molecule has 114 valence electrons. The Hall–Kier alpha value is -2.36. The highest BCUT2D eigenvalue weighted by atomic mass is 19.1. The summed E-state index contributed by atoms with van der Waals surface area (Å²) in [5.41, 5.74) is 2.13. The Kier molecular flexibility index (Phi) is 3.84. The van der Waals surface area contributed by atoms with Crippen LogP contribution in [0.5, 0.6) is 5.75 Å². The van der Waals surface area contributed by atoms with Crippen molar-refractivity contribution in [3.63, 3.8) is 0 Å². The predicted molar refractivity (Wildman–Crippen MR) is 83.6 cm³/mol. The molecule has 0 aliphatic carbocycles. The molecule has 3 nitrogen and oxygen atoms in total. The van der Waals surface area contributed by atoms with E-state index in [2.05, 4.69) is 0 Å². The average molecular weight is 299 g/mol. The highest BCUT2D eigenvalue weighted by Gasteiger charge is 2.33. The van der Waals surface area contributed by atoms with E-state index in [0.717, 1.165) is 12.1 Å². The smallest absolute Gasteiger partial charge is 0.268 e. The molecule has 2 aromatic carbocycles. The Morgan fingerprint density at radius 1 is 1.23 bits per heavy atom. The van der Waals surface area contributed by atoms with Crippen molar-refractivity contribution >= 4 is 11.6 Å². The molecule has 2 atom stereocenters. The Labute approximate surface area is 129 Å². The number of ether oxygens (including phenoxy) is 1. The summed E-state index contributed by atoms with van der Waals surface area (Å²) in [5.74, 6) is 0.0811. The third-order valence-corrected chi connectivity index (χ3v) is 3.92. The summed E-state index contributed by atoms with van der Waals surface area (Å²) in [4.78, 5) is 14.5. The lowest BCUT2D eigenvalue weighted by atomic mass is 10.1. The fraction of sp³-hybridized carbons (Fsp3) is 0.278. The number of hydrogen-bond acceptors (Lipinski definition) is 2. The molecule has 22 heavy (non-hydrogen) atoms. The van der Waals surface area contributed by atoms with Crippen LogP contribution in [0.4, 0.5) is 10.1 Å². The first-order valence-corrected chi connectivity index (χ1v) is 7.39. The number of benzene rings is 2. The number of para-hydroxylation sites is 1. The van der Waals surface area contributed by atoms with Gasteiger partial charge in [-0.2, -0.15) is 0 Å². The van der Waals surface area contributed by atoms with E-state index in [1.807, 2.05) is 31.2 Å². The highest BCUT2D eigenvalue weighted by Crippen LogP contribution is 2.32. The van der Waals surface area contributed by atoms with Crippen molar-refractivity contribution in [1.82, 2.24) is 0 Å². The Morgan fingerprint density at radius 2 is 1.91 bits per heavy atom. The van der Waals surface area contributed by atoms with Crippen LogP contribution in [-0.2, 0) is 11.2 Å². The molecule has 1 heterocycles. The first-order valence-electron chi connectivity index (χ1n) is 7.39. The molecule has 0 radical (unpaired) electrons. The van der Waals surface area contributed by atoms with Gasteiger partial charge in [0.2, 0.25) is 0 Å². The van der Waals surface area contributed by atoms with E-state index in [-0.39, 0.29) is 17.8 Å². The molecule has 0 saturated carbocycles. The minimum absolute atomic E-state index is 0.0817. The first kappa shape index (κ1) is 14.6. The zero-order valence-corrected chi connectivity index (χ0v) is 12.6. The van der Waals surface area contributed by atoms with Crippen LogP contribution in [0, 0.1) is 5.82 Å². The maximum atomic E-state index is 12.9. The number of nitrogens with zero attached hydrogens (tertiary/aromatic N) is 1. The molecular weight excluding hydrogens is 281 g/mol. The maximum Gasteiger partial charge on any atom is 0.268 e. The average Bonchev–Trinajstić information content (AvgIpc) is 2.84. The van der Waals surface area contributed by atoms with E-state index < -0.39 is 6.10 Å². The third-order valence-electron chi connectivity index (χ3n) is 3.92. The molecule has 1 amide bonds. The molecule has 0 bridgehead atoms. The molecule has 2 unspecified atom stereocenters. The molecule has 0 fully saturated rings. The molecule has 3 rings (SSSR count). The molecule has 1 aliphatic rings. The summed E-state index contributed by atoms with van der Waals surface area (Å²) in [6, 6.07) is 13.7. The van der Waals surface area contributed by atoms with Gasteiger partial charge in [0.15, 0.2) is 6.10 Å². The number of rotatable bonds is 3. The molecule has 1 aliphatic heterocycles. The highest BCUT2D eigenvalue weighted by molar-refractivity contribution is 5.99. The summed E-state index contributed by atoms with van der Waals surface area (Å²) < 4.78 is 18.6. The number of carbonyl (C=O) groups is 1. The van der Waals surface area contributed by atoms with Gasteiger partial charge in [0.05, 0.1) is 0 Å². The SMILES string of the molecule is CC(Oc1ccc(F)cc1)C(=O)N1c2ccccc2CC1C. The number of hydrogen-bond donors (Lipinski definition) is 0. The zero-order valence-electron chi connectivity index (χ0n) is 12.6. The number of anilines is 1. The number of carbonyl (C=O) groups excluding carboxylic acids is 1. The van der Waals surface area contributed by atoms with Crippen LogP contribution in [-0.4, -0.2) is 18.1 Å². The van der Waals surface area contributed by atoms with Crippen LogP contribution >= 0.6 is 0 Å². The Morgan fingerprint density at radius 3 is 2.64 bits per heavy atom. The fourth-order valence-electron chi connectivity index (χ4n) is 2.86. The second-order valence-corrected chi connectivity index (χ2v) is 5.60. The van der Waals surface area contributed by atoms with Gasteiger partial charge in [-0.3, -0.25) is 4.79 Å². The van der Waals surface area contributed by atoms with Gasteiger partial charge in [0, 0.05) is 11.7 Å². The normalized spacial score (nSPS) is 18.0. The number of fused-ring (bicyclic) bond motifs is 1. The van der Waals surface area contributed by atoms with Crippen molar-refractivity contribution in [3.8, 4) is 5.75 Å². The molecule has 0 saturated heterocycles. The van der Waals surface area contributed by atoms with Crippen molar-refractivity contribution < 1.29 is 13.9 Å². The van der Waals surface area contributed by atoms with Crippen LogP contribution in [0.3, 0.4) is 0 Å². The minimum atomic E-state index is -0.626. The van der Waals surface area contributed by atoms with E-state index in [1.165, 1.54) is 29.8 Å². The van der Waals surface area contributed by atoms with Gasteiger partial charge >= 0.3 is 0 Å². The molecule has 0 N–H and O–H groups in total. The van der Waals surface area contributed by atoms with Crippen LogP contribution in [0.1, 0.15) is 19.4 Å². The Bertz CT molecular complexity index is 684. The molecular formula is C18H18FNO2. The molecule has 0 aromatic heterocycles. The predicted octanol–water partition coefficient (Wildman–Crippen LogP) is 3.57. The summed E-state index contributed by atoms with van der Waals surface area (Å²) >= 11 is 0. The van der Waals surface area contributed by atoms with E-state index in [9.17, 15) is 9.18 Å².